The van der Waals surface area contributed by atoms with Gasteiger partial charge in [0.15, 0.2) is 0 Å². The minimum Gasteiger partial charge on any atom is -0.415 e. The fourth-order valence-electron chi connectivity index (χ4n) is 2.76. The SMILES string of the molecule is CC(=O)OC1(OC(C)=O)CCCCCC1(OC(C)=O)OC(C)=O. The second kappa shape index (κ2) is 7.43. The van der Waals surface area contributed by atoms with E-state index in [1.54, 1.807) is 0 Å². The van der Waals surface area contributed by atoms with Gasteiger partial charge >= 0.3 is 35.5 Å². The summed E-state index contributed by atoms with van der Waals surface area (Å²) < 4.78 is 21.0. The van der Waals surface area contributed by atoms with Crippen molar-refractivity contribution >= 4 is 23.9 Å². The molecule has 0 heterocycles. The Morgan fingerprint density at radius 3 is 1.04 bits per heavy atom. The molecule has 0 aromatic heterocycles. The van der Waals surface area contributed by atoms with Gasteiger partial charge in [0, 0.05) is 40.5 Å². The number of esters is 4. The van der Waals surface area contributed by atoms with Crippen molar-refractivity contribution in [3.05, 3.63) is 0 Å². The molecule has 0 aromatic rings. The normalized spacial score (nSPS) is 19.0. The van der Waals surface area contributed by atoms with E-state index in [1.807, 2.05) is 0 Å². The molecule has 23 heavy (non-hydrogen) atoms. The quantitative estimate of drug-likeness (QED) is 0.435. The molecule has 0 saturated heterocycles. The number of rotatable bonds is 4. The number of hydrogen-bond donors (Lipinski definition) is 0. The molecule has 0 amide bonds. The van der Waals surface area contributed by atoms with Gasteiger partial charge in [-0.3, -0.25) is 19.2 Å². The lowest BCUT2D eigenvalue weighted by Gasteiger charge is -2.44. The zero-order chi connectivity index (χ0) is 17.7. The fraction of sp³-hybridized carbons (Fsp3) is 0.733. The minimum atomic E-state index is -2.00. The van der Waals surface area contributed by atoms with Crippen LogP contribution in [0.3, 0.4) is 0 Å². The molecule has 8 heteroatoms. The predicted octanol–water partition coefficient (Wildman–Crippen LogP) is 1.60. The van der Waals surface area contributed by atoms with E-state index in [0.29, 0.717) is 19.3 Å². The molecule has 130 valence electrons. The van der Waals surface area contributed by atoms with Crippen LogP contribution in [0.1, 0.15) is 59.8 Å². The van der Waals surface area contributed by atoms with E-state index in [1.165, 1.54) is 0 Å². The maximum Gasteiger partial charge on any atom is 0.334 e. The monoisotopic (exact) mass is 330 g/mol. The maximum absolute atomic E-state index is 11.6. The average Bonchev–Trinajstić information content (AvgIpc) is 2.47. The first-order chi connectivity index (χ1) is 10.6. The summed E-state index contributed by atoms with van der Waals surface area (Å²) in [6.07, 6.45) is 1.86. The molecule has 0 radical (unpaired) electrons. The van der Waals surface area contributed by atoms with Crippen LogP contribution in [0.4, 0.5) is 0 Å². The molecule has 0 aromatic carbocycles. The van der Waals surface area contributed by atoms with Crippen LogP contribution in [0.25, 0.3) is 0 Å². The Balaban J connectivity index is 3.47. The highest BCUT2D eigenvalue weighted by molar-refractivity contribution is 5.71. The van der Waals surface area contributed by atoms with E-state index in [-0.39, 0.29) is 12.8 Å². The highest BCUT2D eigenvalue weighted by Crippen LogP contribution is 2.44. The molecule has 0 N–H and O–H groups in total. The Kier molecular flexibility index (Phi) is 6.12. The molecule has 0 bridgehead atoms. The van der Waals surface area contributed by atoms with Crippen LogP contribution in [0.15, 0.2) is 0 Å². The lowest BCUT2D eigenvalue weighted by Crippen LogP contribution is -2.62. The lowest BCUT2D eigenvalue weighted by molar-refractivity contribution is -0.364. The van der Waals surface area contributed by atoms with Gasteiger partial charge in [0.2, 0.25) is 0 Å². The third-order valence-corrected chi connectivity index (χ3v) is 3.33. The summed E-state index contributed by atoms with van der Waals surface area (Å²) >= 11 is 0. The molecule has 1 fully saturated rings. The Morgan fingerprint density at radius 2 is 0.826 bits per heavy atom. The largest absolute Gasteiger partial charge is 0.415 e. The van der Waals surface area contributed by atoms with Crippen molar-refractivity contribution in [1.82, 2.24) is 0 Å². The van der Waals surface area contributed by atoms with Crippen molar-refractivity contribution in [2.45, 2.75) is 71.4 Å². The summed E-state index contributed by atoms with van der Waals surface area (Å²) in [6.45, 7) is 4.51. The van der Waals surface area contributed by atoms with Crippen molar-refractivity contribution in [2.24, 2.45) is 0 Å². The first-order valence-corrected chi connectivity index (χ1v) is 7.41. The number of carbonyl (C=O) groups excluding carboxylic acids is 4. The Labute approximate surface area is 134 Å². The van der Waals surface area contributed by atoms with E-state index in [2.05, 4.69) is 0 Å². The smallest absolute Gasteiger partial charge is 0.334 e. The van der Waals surface area contributed by atoms with E-state index in [0.717, 1.165) is 27.7 Å². The molecule has 1 rings (SSSR count). The van der Waals surface area contributed by atoms with Gasteiger partial charge in [-0.2, -0.15) is 0 Å². The van der Waals surface area contributed by atoms with Crippen LogP contribution in [0, 0.1) is 0 Å². The zero-order valence-corrected chi connectivity index (χ0v) is 13.8. The molecule has 0 unspecified atom stereocenters. The predicted molar refractivity (Wildman–Crippen MR) is 75.6 cm³/mol. The van der Waals surface area contributed by atoms with Crippen LogP contribution < -0.4 is 0 Å². The topological polar surface area (TPSA) is 105 Å². The molecule has 0 atom stereocenters. The number of carbonyl (C=O) groups is 4. The highest BCUT2D eigenvalue weighted by atomic mass is 16.8. The van der Waals surface area contributed by atoms with E-state index in [9.17, 15) is 19.2 Å². The van der Waals surface area contributed by atoms with Crippen molar-refractivity contribution in [2.75, 3.05) is 0 Å². The Bertz CT molecular complexity index is 420. The van der Waals surface area contributed by atoms with Gasteiger partial charge in [-0.25, -0.2) is 0 Å². The summed E-state index contributed by atoms with van der Waals surface area (Å²) in [7, 11) is 0. The molecule has 0 aliphatic heterocycles. The molecular formula is C15H22O8. The first kappa shape index (κ1) is 18.9. The van der Waals surface area contributed by atoms with Gasteiger partial charge in [0.05, 0.1) is 0 Å². The van der Waals surface area contributed by atoms with Gasteiger partial charge in [-0.1, -0.05) is 6.42 Å². The van der Waals surface area contributed by atoms with E-state index in [4.69, 9.17) is 18.9 Å². The summed E-state index contributed by atoms with van der Waals surface area (Å²) in [5.41, 5.74) is 0. The zero-order valence-electron chi connectivity index (χ0n) is 13.8. The van der Waals surface area contributed by atoms with Crippen molar-refractivity contribution < 1.29 is 38.1 Å². The third kappa shape index (κ3) is 4.67. The maximum atomic E-state index is 11.6. The fourth-order valence-corrected chi connectivity index (χ4v) is 2.76. The van der Waals surface area contributed by atoms with Gasteiger partial charge in [0.25, 0.3) is 0 Å². The molecule has 8 nitrogen and oxygen atoms in total. The van der Waals surface area contributed by atoms with Gasteiger partial charge in [-0.05, 0) is 12.8 Å². The van der Waals surface area contributed by atoms with Crippen LogP contribution >= 0.6 is 0 Å². The second-order valence-corrected chi connectivity index (χ2v) is 5.44. The molecule has 0 spiro atoms. The van der Waals surface area contributed by atoms with Gasteiger partial charge in [0.1, 0.15) is 0 Å². The first-order valence-electron chi connectivity index (χ1n) is 7.41. The third-order valence-electron chi connectivity index (χ3n) is 3.33. The van der Waals surface area contributed by atoms with Crippen molar-refractivity contribution in [1.29, 1.82) is 0 Å². The standard InChI is InChI=1S/C15H22O8/c1-10(16)20-14(21-11(2)17)8-6-5-7-9-15(14,22-12(3)18)23-13(4)19/h5-9H2,1-4H3. The molecule has 1 aliphatic carbocycles. The molecular weight excluding hydrogens is 308 g/mol. The Morgan fingerprint density at radius 1 is 0.565 bits per heavy atom. The lowest BCUT2D eigenvalue weighted by atomic mass is 9.98. The summed E-state index contributed by atoms with van der Waals surface area (Å²) in [5.74, 6) is -7.01. The second-order valence-electron chi connectivity index (χ2n) is 5.44. The summed E-state index contributed by atoms with van der Waals surface area (Å²) in [6, 6.07) is 0. The van der Waals surface area contributed by atoms with E-state index < -0.39 is 35.5 Å². The van der Waals surface area contributed by atoms with Crippen molar-refractivity contribution in [3.8, 4) is 0 Å². The number of ether oxygens (including phenoxy) is 4. The van der Waals surface area contributed by atoms with Crippen LogP contribution in [0.2, 0.25) is 0 Å². The molecule has 1 aliphatic rings. The van der Waals surface area contributed by atoms with Crippen molar-refractivity contribution in [3.63, 3.8) is 0 Å². The van der Waals surface area contributed by atoms with Crippen LogP contribution in [0.5, 0.6) is 0 Å². The summed E-state index contributed by atoms with van der Waals surface area (Å²) in [5, 5.41) is 0. The van der Waals surface area contributed by atoms with Gasteiger partial charge < -0.3 is 18.9 Å². The number of hydrogen-bond acceptors (Lipinski definition) is 8. The highest BCUT2D eigenvalue weighted by Gasteiger charge is 2.63. The Hall–Kier alpha value is -2.12. The average molecular weight is 330 g/mol. The van der Waals surface area contributed by atoms with Crippen LogP contribution in [-0.4, -0.2) is 35.5 Å². The summed E-state index contributed by atoms with van der Waals surface area (Å²) in [4.78, 5) is 46.3. The van der Waals surface area contributed by atoms with Crippen LogP contribution in [-0.2, 0) is 38.1 Å². The van der Waals surface area contributed by atoms with Gasteiger partial charge in [-0.15, -0.1) is 0 Å². The minimum absolute atomic E-state index is 0.0483. The molecule has 1 saturated carbocycles. The van der Waals surface area contributed by atoms with E-state index >= 15 is 0 Å².